The summed E-state index contributed by atoms with van der Waals surface area (Å²) in [6.45, 7) is 9.39. The summed E-state index contributed by atoms with van der Waals surface area (Å²) >= 11 is 0. The lowest BCUT2D eigenvalue weighted by atomic mass is 9.86. The Morgan fingerprint density at radius 2 is 1.85 bits per heavy atom. The van der Waals surface area contributed by atoms with Crippen LogP contribution in [0.5, 0.6) is 0 Å². The van der Waals surface area contributed by atoms with Crippen molar-refractivity contribution in [2.75, 3.05) is 11.9 Å². The minimum absolute atomic E-state index is 0.0106. The quantitative estimate of drug-likeness (QED) is 0.226. The van der Waals surface area contributed by atoms with Gasteiger partial charge in [0, 0.05) is 23.2 Å². The number of carbonyl (C=O) groups excluding carboxylic acids is 1. The number of hydrogen-bond acceptors (Lipinski definition) is 8. The van der Waals surface area contributed by atoms with Crippen LogP contribution in [-0.2, 0) is 19.6 Å². The molecule has 1 N–H and O–H groups in total. The summed E-state index contributed by atoms with van der Waals surface area (Å²) in [5.74, 6) is -2.26. The number of nitrogens with one attached hydrogen (secondary N) is 1. The van der Waals surface area contributed by atoms with Crippen LogP contribution in [0, 0.1) is 24.0 Å². The molecule has 1 atom stereocenters. The van der Waals surface area contributed by atoms with Gasteiger partial charge in [-0.1, -0.05) is 44.5 Å². The van der Waals surface area contributed by atoms with E-state index in [2.05, 4.69) is 20.3 Å². The highest BCUT2D eigenvalue weighted by atomic mass is 32.2. The van der Waals surface area contributed by atoms with Crippen molar-refractivity contribution in [1.82, 2.24) is 18.9 Å². The molecule has 1 aromatic carbocycles. The molecule has 4 rings (SSSR count). The van der Waals surface area contributed by atoms with Crippen LogP contribution in [0.2, 0.25) is 0 Å². The smallest absolute Gasteiger partial charge is 0.330 e. The van der Waals surface area contributed by atoms with E-state index in [1.165, 1.54) is 24.4 Å². The number of ether oxygens (including phenoxy) is 1. The highest BCUT2D eigenvalue weighted by Gasteiger charge is 2.27. The molecule has 0 aliphatic rings. The maximum atomic E-state index is 14.9. The largest absolute Gasteiger partial charge is 0.463 e. The van der Waals surface area contributed by atoms with Crippen molar-refractivity contribution in [3.63, 3.8) is 0 Å². The van der Waals surface area contributed by atoms with Crippen LogP contribution in [0.15, 0.2) is 66.0 Å². The van der Waals surface area contributed by atoms with Gasteiger partial charge in [0.25, 0.3) is 10.0 Å². The zero-order valence-electron chi connectivity index (χ0n) is 22.6. The molecule has 0 unspecified atom stereocenters. The van der Waals surface area contributed by atoms with Crippen LogP contribution >= 0.6 is 0 Å². The summed E-state index contributed by atoms with van der Waals surface area (Å²) in [5, 5.41) is 3.11. The fraction of sp³-hybridized carbons (Fsp3) is 0.286. The average Bonchev–Trinajstić information content (AvgIpc) is 3.26. The first-order chi connectivity index (χ1) is 18.8. The first-order valence-corrected chi connectivity index (χ1v) is 13.9. The number of fused-ring (bicyclic) bond motifs is 1. The molecule has 4 aromatic rings. The number of esters is 1. The van der Waals surface area contributed by atoms with Crippen molar-refractivity contribution < 1.29 is 26.7 Å². The molecule has 0 radical (unpaired) electrons. The number of pyridine rings is 1. The number of halogens is 2. The number of aryl methyl sites for hydroxylation is 1. The van der Waals surface area contributed by atoms with Crippen LogP contribution in [0.4, 0.5) is 14.6 Å². The first-order valence-electron chi connectivity index (χ1n) is 12.4. The standard InChI is InChI=1S/C28H29F2N5O4S/c1-6-39-24(36)12-11-23(28(3,4)5)33-26-22(30)15-31-25(34-26)21-16-35(27-20(21)13-18(29)14-32-27)40(37,38)19-9-7-17(2)8-10-19/h7-16,23H,6H2,1-5H3,(H,31,33,34)/t23-/m1/s1. The van der Waals surface area contributed by atoms with Gasteiger partial charge in [-0.15, -0.1) is 0 Å². The third-order valence-electron chi connectivity index (χ3n) is 6.08. The Balaban J connectivity index is 1.81. The lowest BCUT2D eigenvalue weighted by molar-refractivity contribution is -0.137. The summed E-state index contributed by atoms with van der Waals surface area (Å²) in [4.78, 5) is 24.3. The second-order valence-corrected chi connectivity index (χ2v) is 12.0. The lowest BCUT2D eigenvalue weighted by Gasteiger charge is -2.29. The summed E-state index contributed by atoms with van der Waals surface area (Å²) in [5.41, 5.74) is 0.494. The minimum Gasteiger partial charge on any atom is -0.463 e. The monoisotopic (exact) mass is 569 g/mol. The molecule has 0 spiro atoms. The number of aromatic nitrogens is 4. The van der Waals surface area contributed by atoms with Crippen LogP contribution in [-0.4, -0.2) is 46.0 Å². The molecule has 9 nitrogen and oxygen atoms in total. The van der Waals surface area contributed by atoms with Crippen LogP contribution < -0.4 is 5.32 Å². The average molecular weight is 570 g/mol. The van der Waals surface area contributed by atoms with Crippen molar-refractivity contribution in [2.45, 2.75) is 45.6 Å². The van der Waals surface area contributed by atoms with Crippen LogP contribution in [0.3, 0.4) is 0 Å². The van der Waals surface area contributed by atoms with Gasteiger partial charge < -0.3 is 10.1 Å². The Morgan fingerprint density at radius 3 is 2.50 bits per heavy atom. The molecule has 0 bridgehead atoms. The van der Waals surface area contributed by atoms with Crippen LogP contribution in [0.1, 0.15) is 33.3 Å². The van der Waals surface area contributed by atoms with E-state index in [4.69, 9.17) is 4.74 Å². The molecule has 0 aliphatic carbocycles. The van der Waals surface area contributed by atoms with Crippen LogP contribution in [0.25, 0.3) is 22.4 Å². The van der Waals surface area contributed by atoms with Crippen molar-refractivity contribution in [1.29, 1.82) is 0 Å². The topological polar surface area (TPSA) is 116 Å². The van der Waals surface area contributed by atoms with E-state index >= 15 is 0 Å². The number of nitrogens with zero attached hydrogens (tertiary/aromatic N) is 4. The zero-order chi connectivity index (χ0) is 29.2. The van der Waals surface area contributed by atoms with Gasteiger partial charge in [-0.2, -0.15) is 0 Å². The van der Waals surface area contributed by atoms with Gasteiger partial charge in [0.15, 0.2) is 23.1 Å². The SMILES string of the molecule is CCOC(=O)C=C[C@@H](Nc1nc(-c2cn(S(=O)(=O)c3ccc(C)cc3)c3ncc(F)cc23)ncc1F)C(C)(C)C. The second-order valence-electron chi connectivity index (χ2n) is 10.2. The maximum absolute atomic E-state index is 14.9. The summed E-state index contributed by atoms with van der Waals surface area (Å²) in [7, 11) is -4.13. The van der Waals surface area contributed by atoms with Gasteiger partial charge in [0.1, 0.15) is 5.82 Å². The van der Waals surface area contributed by atoms with Crippen molar-refractivity contribution in [3.8, 4) is 11.4 Å². The summed E-state index contributed by atoms with van der Waals surface area (Å²) < 4.78 is 62.1. The van der Waals surface area contributed by atoms with Crippen molar-refractivity contribution in [3.05, 3.63) is 78.3 Å². The number of rotatable bonds is 8. The van der Waals surface area contributed by atoms with Gasteiger partial charge in [-0.3, -0.25) is 0 Å². The molecule has 0 fully saturated rings. The third kappa shape index (κ3) is 6.01. The molecular weight excluding hydrogens is 540 g/mol. The molecule has 210 valence electrons. The van der Waals surface area contributed by atoms with Gasteiger partial charge in [0.05, 0.1) is 29.9 Å². The van der Waals surface area contributed by atoms with E-state index in [0.717, 1.165) is 28.0 Å². The van der Waals surface area contributed by atoms with Crippen molar-refractivity contribution >= 4 is 32.8 Å². The summed E-state index contributed by atoms with van der Waals surface area (Å²) in [6.07, 6.45) is 5.90. The van der Waals surface area contributed by atoms with E-state index in [1.54, 1.807) is 25.1 Å². The maximum Gasteiger partial charge on any atom is 0.330 e. The Bertz CT molecular complexity index is 1690. The fourth-order valence-corrected chi connectivity index (χ4v) is 5.23. The van der Waals surface area contributed by atoms with E-state index in [-0.39, 0.29) is 39.7 Å². The van der Waals surface area contributed by atoms with E-state index in [0.29, 0.717) is 0 Å². The Hall–Kier alpha value is -4.19. The Morgan fingerprint density at radius 1 is 1.15 bits per heavy atom. The van der Waals surface area contributed by atoms with Gasteiger partial charge >= 0.3 is 5.97 Å². The Labute approximate surface area is 231 Å². The number of carbonyl (C=O) groups is 1. The Kier molecular flexibility index (Phi) is 8.01. The first kappa shape index (κ1) is 28.8. The van der Waals surface area contributed by atoms with Gasteiger partial charge in [-0.05, 0) is 37.5 Å². The second kappa shape index (κ2) is 11.1. The lowest BCUT2D eigenvalue weighted by Crippen LogP contribution is -2.33. The predicted octanol–water partition coefficient (Wildman–Crippen LogP) is 5.26. The number of hydrogen-bond donors (Lipinski definition) is 1. The van der Waals surface area contributed by atoms with E-state index in [9.17, 15) is 22.0 Å². The molecule has 12 heteroatoms. The third-order valence-corrected chi connectivity index (χ3v) is 7.74. The molecule has 3 aromatic heterocycles. The number of anilines is 1. The highest BCUT2D eigenvalue weighted by molar-refractivity contribution is 7.90. The normalized spacial score (nSPS) is 13.1. The molecule has 0 aliphatic heterocycles. The van der Waals surface area contributed by atoms with Gasteiger partial charge in [-0.25, -0.2) is 40.9 Å². The highest BCUT2D eigenvalue weighted by Crippen LogP contribution is 2.32. The predicted molar refractivity (Wildman–Crippen MR) is 147 cm³/mol. The summed E-state index contributed by atoms with van der Waals surface area (Å²) in [6, 6.07) is 6.82. The fourth-order valence-electron chi connectivity index (χ4n) is 3.90. The minimum atomic E-state index is -4.13. The molecule has 0 saturated heterocycles. The molecule has 40 heavy (non-hydrogen) atoms. The molecule has 0 saturated carbocycles. The molecular formula is C28H29F2N5O4S. The van der Waals surface area contributed by atoms with Gasteiger partial charge in [0.2, 0.25) is 0 Å². The van der Waals surface area contributed by atoms with E-state index in [1.807, 2.05) is 27.7 Å². The van der Waals surface area contributed by atoms with Crippen molar-refractivity contribution in [2.24, 2.45) is 5.41 Å². The zero-order valence-corrected chi connectivity index (χ0v) is 23.5. The molecule has 3 heterocycles. The molecule has 0 amide bonds. The van der Waals surface area contributed by atoms with E-state index < -0.39 is 39.1 Å². The number of benzene rings is 1.